The van der Waals surface area contributed by atoms with Crippen LogP contribution in [0.2, 0.25) is 0 Å². The van der Waals surface area contributed by atoms with E-state index in [4.69, 9.17) is 14.2 Å². The van der Waals surface area contributed by atoms with Crippen molar-refractivity contribution < 1.29 is 33.3 Å². The molecule has 2 unspecified atom stereocenters. The summed E-state index contributed by atoms with van der Waals surface area (Å²) in [6.45, 7) is 1.62. The molecule has 166 valence electrons. The lowest BCUT2D eigenvalue weighted by Gasteiger charge is -2.27. The maximum absolute atomic E-state index is 13.6. The molecule has 1 amide bonds. The number of benzene rings is 2. The molecule has 0 saturated carbocycles. The molecule has 3 heterocycles. The van der Waals surface area contributed by atoms with Gasteiger partial charge in [0.15, 0.2) is 11.5 Å². The van der Waals surface area contributed by atoms with Crippen LogP contribution in [-0.2, 0) is 14.3 Å². The highest BCUT2D eigenvalue weighted by atomic mass is 19.1. The number of nitrogens with zero attached hydrogens (tertiary/aromatic N) is 1. The van der Waals surface area contributed by atoms with Crippen molar-refractivity contribution in [1.29, 1.82) is 0 Å². The molecule has 2 aromatic carbocycles. The highest BCUT2D eigenvalue weighted by molar-refractivity contribution is 6.46. The van der Waals surface area contributed by atoms with E-state index < -0.39 is 23.5 Å². The molecule has 32 heavy (non-hydrogen) atoms. The van der Waals surface area contributed by atoms with Gasteiger partial charge in [0.1, 0.15) is 24.8 Å². The average Bonchev–Trinajstić information content (AvgIpc) is 3.41. The Bertz CT molecular complexity index is 1090. The fraction of sp³-hybridized carbons (Fsp3) is 0.333. The number of rotatable bonds is 4. The highest BCUT2D eigenvalue weighted by Gasteiger charge is 2.47. The SMILES string of the molecule is O=C1C(=O)N(CC2CCCO2)C(c2ccc(F)cc2)/C1=C(\O)c1ccc2c(c1)OCCO2. The molecule has 2 atom stereocenters. The Morgan fingerprint density at radius 3 is 2.50 bits per heavy atom. The minimum absolute atomic E-state index is 0.0451. The van der Waals surface area contributed by atoms with Gasteiger partial charge in [-0.15, -0.1) is 0 Å². The third-order valence-electron chi connectivity index (χ3n) is 5.97. The van der Waals surface area contributed by atoms with Crippen molar-refractivity contribution in [3.63, 3.8) is 0 Å². The molecule has 3 aliphatic heterocycles. The molecule has 0 spiro atoms. The van der Waals surface area contributed by atoms with Crippen LogP contribution in [0.25, 0.3) is 5.76 Å². The second kappa shape index (κ2) is 8.27. The third-order valence-corrected chi connectivity index (χ3v) is 5.97. The van der Waals surface area contributed by atoms with Crippen LogP contribution in [0.3, 0.4) is 0 Å². The van der Waals surface area contributed by atoms with E-state index in [0.29, 0.717) is 42.4 Å². The van der Waals surface area contributed by atoms with Crippen molar-refractivity contribution >= 4 is 17.4 Å². The van der Waals surface area contributed by atoms with Crippen LogP contribution < -0.4 is 9.47 Å². The summed E-state index contributed by atoms with van der Waals surface area (Å²) in [5, 5.41) is 11.2. The van der Waals surface area contributed by atoms with Crippen LogP contribution in [-0.4, -0.2) is 54.2 Å². The number of aliphatic hydroxyl groups excluding tert-OH is 1. The molecule has 0 aromatic heterocycles. The summed E-state index contributed by atoms with van der Waals surface area (Å²) in [5.41, 5.74) is 0.815. The zero-order valence-corrected chi connectivity index (χ0v) is 17.3. The Morgan fingerprint density at radius 2 is 1.78 bits per heavy atom. The number of ketones is 1. The standard InChI is InChI=1S/C24H22FNO6/c25-16-6-3-14(4-7-16)21-20(23(28)24(29)26(21)13-17-2-1-9-30-17)22(27)15-5-8-18-19(12-15)32-11-10-31-18/h3-8,12,17,21,27H,1-2,9-11,13H2/b22-20+. The molecule has 2 aromatic rings. The molecule has 0 radical (unpaired) electrons. The summed E-state index contributed by atoms with van der Waals surface area (Å²) in [6, 6.07) is 9.57. The summed E-state index contributed by atoms with van der Waals surface area (Å²) in [5.74, 6) is -1.26. The Balaban J connectivity index is 1.60. The van der Waals surface area contributed by atoms with E-state index in [1.54, 1.807) is 18.2 Å². The van der Waals surface area contributed by atoms with Crippen molar-refractivity contribution in [2.24, 2.45) is 0 Å². The number of halogens is 1. The molecule has 2 fully saturated rings. The van der Waals surface area contributed by atoms with Gasteiger partial charge in [-0.25, -0.2) is 4.39 Å². The summed E-state index contributed by atoms with van der Waals surface area (Å²) in [4.78, 5) is 27.5. The number of hydrogen-bond acceptors (Lipinski definition) is 6. The number of fused-ring (bicyclic) bond motifs is 1. The van der Waals surface area contributed by atoms with Crippen LogP contribution in [0.4, 0.5) is 4.39 Å². The lowest BCUT2D eigenvalue weighted by Crippen LogP contribution is -2.36. The van der Waals surface area contributed by atoms with Crippen molar-refractivity contribution in [1.82, 2.24) is 4.90 Å². The van der Waals surface area contributed by atoms with Crippen LogP contribution in [0.15, 0.2) is 48.0 Å². The molecule has 0 aliphatic carbocycles. The van der Waals surface area contributed by atoms with Gasteiger partial charge < -0.3 is 24.2 Å². The summed E-state index contributed by atoms with van der Waals surface area (Å²) >= 11 is 0. The van der Waals surface area contributed by atoms with E-state index in [1.807, 2.05) is 0 Å². The van der Waals surface area contributed by atoms with Gasteiger partial charge in [-0.1, -0.05) is 12.1 Å². The predicted octanol–water partition coefficient (Wildman–Crippen LogP) is 3.20. The van der Waals surface area contributed by atoms with Gasteiger partial charge in [0.2, 0.25) is 0 Å². The second-order valence-electron chi connectivity index (χ2n) is 8.00. The number of carbonyl (C=O) groups is 2. The number of amides is 1. The largest absolute Gasteiger partial charge is 0.507 e. The fourth-order valence-electron chi connectivity index (χ4n) is 4.41. The number of hydrogen-bond donors (Lipinski definition) is 1. The minimum atomic E-state index is -0.854. The number of ether oxygens (including phenoxy) is 3. The first-order valence-electron chi connectivity index (χ1n) is 10.6. The van der Waals surface area contributed by atoms with Crippen molar-refractivity contribution in [2.45, 2.75) is 25.0 Å². The zero-order chi connectivity index (χ0) is 22.2. The van der Waals surface area contributed by atoms with E-state index >= 15 is 0 Å². The third kappa shape index (κ3) is 3.60. The maximum Gasteiger partial charge on any atom is 0.295 e. The van der Waals surface area contributed by atoms with Gasteiger partial charge in [-0.05, 0) is 48.7 Å². The van der Waals surface area contributed by atoms with E-state index in [9.17, 15) is 19.1 Å². The number of carbonyl (C=O) groups excluding carboxylic acids is 2. The van der Waals surface area contributed by atoms with Gasteiger partial charge in [0.25, 0.3) is 11.7 Å². The minimum Gasteiger partial charge on any atom is -0.507 e. The molecule has 3 aliphatic rings. The molecule has 7 nitrogen and oxygen atoms in total. The number of likely N-dealkylation sites (tertiary alicyclic amines) is 1. The quantitative estimate of drug-likeness (QED) is 0.448. The highest BCUT2D eigenvalue weighted by Crippen LogP contribution is 2.41. The Kier molecular flexibility index (Phi) is 5.30. The van der Waals surface area contributed by atoms with E-state index in [1.165, 1.54) is 29.2 Å². The Morgan fingerprint density at radius 1 is 1.03 bits per heavy atom. The number of Topliss-reactive ketones (excluding diaryl/α,β-unsaturated/α-hetero) is 1. The van der Waals surface area contributed by atoms with E-state index in [-0.39, 0.29) is 24.0 Å². The van der Waals surface area contributed by atoms with Crippen molar-refractivity contribution in [3.8, 4) is 11.5 Å². The molecule has 0 bridgehead atoms. The van der Waals surface area contributed by atoms with Gasteiger partial charge in [0.05, 0.1) is 17.7 Å². The van der Waals surface area contributed by atoms with Gasteiger partial charge in [-0.2, -0.15) is 0 Å². The monoisotopic (exact) mass is 439 g/mol. The first-order chi connectivity index (χ1) is 15.5. The van der Waals surface area contributed by atoms with Gasteiger partial charge in [-0.3, -0.25) is 9.59 Å². The number of aliphatic hydroxyl groups is 1. The van der Waals surface area contributed by atoms with Gasteiger partial charge >= 0.3 is 0 Å². The van der Waals surface area contributed by atoms with Gasteiger partial charge in [0, 0.05) is 18.7 Å². The maximum atomic E-state index is 13.6. The van der Waals surface area contributed by atoms with Crippen LogP contribution >= 0.6 is 0 Å². The second-order valence-corrected chi connectivity index (χ2v) is 8.00. The lowest BCUT2D eigenvalue weighted by atomic mass is 9.95. The smallest absolute Gasteiger partial charge is 0.295 e. The molecular formula is C24H22FNO6. The molecule has 1 N–H and O–H groups in total. The topological polar surface area (TPSA) is 85.3 Å². The average molecular weight is 439 g/mol. The van der Waals surface area contributed by atoms with Crippen LogP contribution in [0, 0.1) is 5.82 Å². The Labute approximate surface area is 184 Å². The first-order valence-corrected chi connectivity index (χ1v) is 10.6. The van der Waals surface area contributed by atoms with Crippen molar-refractivity contribution in [3.05, 3.63) is 65.0 Å². The van der Waals surface area contributed by atoms with E-state index in [0.717, 1.165) is 12.8 Å². The predicted molar refractivity (Wildman–Crippen MR) is 112 cm³/mol. The first kappa shape index (κ1) is 20.5. The lowest BCUT2D eigenvalue weighted by molar-refractivity contribution is -0.140. The fourth-order valence-corrected chi connectivity index (χ4v) is 4.41. The molecular weight excluding hydrogens is 417 g/mol. The molecule has 8 heteroatoms. The van der Waals surface area contributed by atoms with Crippen LogP contribution in [0.1, 0.15) is 30.0 Å². The molecule has 2 saturated heterocycles. The van der Waals surface area contributed by atoms with Crippen LogP contribution in [0.5, 0.6) is 11.5 Å². The summed E-state index contributed by atoms with van der Waals surface area (Å²) in [7, 11) is 0. The summed E-state index contributed by atoms with van der Waals surface area (Å²) < 4.78 is 30.3. The Hall–Kier alpha value is -3.39. The summed E-state index contributed by atoms with van der Waals surface area (Å²) in [6.07, 6.45) is 1.47. The van der Waals surface area contributed by atoms with E-state index in [2.05, 4.69) is 0 Å². The molecule has 5 rings (SSSR count). The zero-order valence-electron chi connectivity index (χ0n) is 17.3. The normalized spacial score (nSPS) is 24.2. The van der Waals surface area contributed by atoms with Crippen molar-refractivity contribution in [2.75, 3.05) is 26.4 Å².